The number of aromatic nitrogens is 2. The molecule has 1 aromatic heterocycles. The van der Waals surface area contributed by atoms with Gasteiger partial charge in [-0.25, -0.2) is 4.57 Å². The number of rotatable bonds is 2. The fourth-order valence-corrected chi connectivity index (χ4v) is 2.22. The Balaban J connectivity index is 2.31. The average Bonchev–Trinajstić information content (AvgIpc) is 2.78. The third-order valence-corrected chi connectivity index (χ3v) is 3.08. The second-order valence-electron chi connectivity index (χ2n) is 4.10. The summed E-state index contributed by atoms with van der Waals surface area (Å²) in [5, 5.41) is 0. The van der Waals surface area contributed by atoms with E-state index in [1.165, 1.54) is 16.7 Å². The summed E-state index contributed by atoms with van der Waals surface area (Å²) in [6, 6.07) is 18.9. The standard InChI is InChI=1S/C15H15N2/c1-2-16-12-17(13-8-4-3-5-9-13)15-11-7-6-10-14(15)16/h3-12H,2H2,1H3/q+1. The Morgan fingerprint density at radius 2 is 1.65 bits per heavy atom. The zero-order valence-electron chi connectivity index (χ0n) is 9.88. The van der Waals surface area contributed by atoms with Gasteiger partial charge in [0.25, 0.3) is 0 Å². The van der Waals surface area contributed by atoms with E-state index in [9.17, 15) is 0 Å². The lowest BCUT2D eigenvalue weighted by atomic mass is 10.3. The summed E-state index contributed by atoms with van der Waals surface area (Å²) in [7, 11) is 0. The maximum Gasteiger partial charge on any atom is 0.249 e. The largest absolute Gasteiger partial charge is 0.249 e. The van der Waals surface area contributed by atoms with Crippen LogP contribution in [0.4, 0.5) is 0 Å². The number of benzene rings is 2. The van der Waals surface area contributed by atoms with Crippen LogP contribution in [0.2, 0.25) is 0 Å². The lowest BCUT2D eigenvalue weighted by Gasteiger charge is -1.95. The zero-order valence-corrected chi connectivity index (χ0v) is 9.88. The molecule has 0 fully saturated rings. The monoisotopic (exact) mass is 223 g/mol. The molecule has 0 N–H and O–H groups in total. The van der Waals surface area contributed by atoms with Gasteiger partial charge in [-0.3, -0.25) is 0 Å². The van der Waals surface area contributed by atoms with Gasteiger partial charge >= 0.3 is 0 Å². The number of nitrogens with zero attached hydrogens (tertiary/aromatic N) is 2. The molecule has 0 amide bonds. The molecule has 0 bridgehead atoms. The van der Waals surface area contributed by atoms with Crippen LogP contribution in [0, 0.1) is 0 Å². The average molecular weight is 223 g/mol. The van der Waals surface area contributed by atoms with Crippen molar-refractivity contribution in [2.45, 2.75) is 13.5 Å². The Kier molecular flexibility index (Phi) is 2.41. The summed E-state index contributed by atoms with van der Waals surface area (Å²) in [6.45, 7) is 3.15. The molecule has 0 aliphatic carbocycles. The molecule has 2 aromatic carbocycles. The van der Waals surface area contributed by atoms with E-state index in [2.05, 4.69) is 70.9 Å². The van der Waals surface area contributed by atoms with Gasteiger partial charge in [-0.05, 0) is 31.2 Å². The molecule has 0 unspecified atom stereocenters. The molecule has 3 aromatic rings. The topological polar surface area (TPSA) is 8.81 Å². The number of fused-ring (bicyclic) bond motifs is 1. The fourth-order valence-electron chi connectivity index (χ4n) is 2.22. The molecule has 0 atom stereocenters. The Labute approximate surface area is 101 Å². The predicted molar refractivity (Wildman–Crippen MR) is 69.1 cm³/mol. The van der Waals surface area contributed by atoms with Crippen molar-refractivity contribution in [1.82, 2.24) is 4.57 Å². The number of hydrogen-bond acceptors (Lipinski definition) is 0. The summed E-state index contributed by atoms with van der Waals surface area (Å²) < 4.78 is 4.50. The molecule has 0 aliphatic heterocycles. The van der Waals surface area contributed by atoms with Gasteiger partial charge in [-0.2, -0.15) is 4.57 Å². The molecule has 2 heteroatoms. The van der Waals surface area contributed by atoms with Crippen molar-refractivity contribution in [3.63, 3.8) is 0 Å². The first-order valence-electron chi connectivity index (χ1n) is 5.95. The molecule has 2 nitrogen and oxygen atoms in total. The van der Waals surface area contributed by atoms with Crippen LogP contribution in [0.25, 0.3) is 16.7 Å². The Bertz CT molecular complexity index is 638. The first kappa shape index (κ1) is 10.1. The van der Waals surface area contributed by atoms with Crippen LogP contribution in [0.15, 0.2) is 60.9 Å². The van der Waals surface area contributed by atoms with E-state index in [-0.39, 0.29) is 0 Å². The summed E-state index contributed by atoms with van der Waals surface area (Å²) >= 11 is 0. The molecular weight excluding hydrogens is 208 g/mol. The van der Waals surface area contributed by atoms with Crippen molar-refractivity contribution in [3.05, 3.63) is 60.9 Å². The van der Waals surface area contributed by atoms with Crippen LogP contribution in [-0.2, 0) is 6.54 Å². The first-order valence-corrected chi connectivity index (χ1v) is 5.95. The minimum atomic E-state index is 0.986. The van der Waals surface area contributed by atoms with Crippen molar-refractivity contribution in [2.75, 3.05) is 0 Å². The summed E-state index contributed by atoms with van der Waals surface area (Å²) in [5.74, 6) is 0. The first-order chi connectivity index (χ1) is 8.40. The Morgan fingerprint density at radius 3 is 2.41 bits per heavy atom. The highest BCUT2D eigenvalue weighted by molar-refractivity contribution is 5.73. The third-order valence-electron chi connectivity index (χ3n) is 3.08. The summed E-state index contributed by atoms with van der Waals surface area (Å²) in [5.41, 5.74) is 3.73. The van der Waals surface area contributed by atoms with E-state index in [0.29, 0.717) is 0 Å². The van der Waals surface area contributed by atoms with Crippen LogP contribution < -0.4 is 4.57 Å². The molecule has 3 rings (SSSR count). The second kappa shape index (κ2) is 4.06. The van der Waals surface area contributed by atoms with Gasteiger partial charge in [0.05, 0.1) is 6.54 Å². The normalized spacial score (nSPS) is 10.9. The van der Waals surface area contributed by atoms with E-state index in [1.807, 2.05) is 6.07 Å². The third kappa shape index (κ3) is 1.62. The van der Waals surface area contributed by atoms with E-state index in [1.54, 1.807) is 0 Å². The molecular formula is C15H15N2+. The van der Waals surface area contributed by atoms with Crippen molar-refractivity contribution in [2.24, 2.45) is 0 Å². The number of imidazole rings is 1. The molecule has 0 radical (unpaired) electrons. The smallest absolute Gasteiger partial charge is 0.230 e. The van der Waals surface area contributed by atoms with E-state index in [4.69, 9.17) is 0 Å². The summed E-state index contributed by atoms with van der Waals surface area (Å²) in [4.78, 5) is 0. The molecule has 0 saturated heterocycles. The molecule has 0 saturated carbocycles. The SMILES string of the molecule is CC[n+]1cn(-c2ccccc2)c2ccccc21. The predicted octanol–water partition coefficient (Wildman–Crippen LogP) is 2.94. The van der Waals surface area contributed by atoms with Gasteiger partial charge in [0.2, 0.25) is 6.33 Å². The van der Waals surface area contributed by atoms with Crippen LogP contribution in [-0.4, -0.2) is 4.57 Å². The zero-order chi connectivity index (χ0) is 11.7. The maximum atomic E-state index is 2.27. The van der Waals surface area contributed by atoms with Gasteiger partial charge in [-0.1, -0.05) is 30.3 Å². The van der Waals surface area contributed by atoms with Gasteiger partial charge in [0.1, 0.15) is 5.69 Å². The summed E-state index contributed by atoms with van der Waals surface area (Å²) in [6.07, 6.45) is 2.17. The van der Waals surface area contributed by atoms with Crippen LogP contribution in [0.3, 0.4) is 0 Å². The van der Waals surface area contributed by atoms with Crippen molar-refractivity contribution in [3.8, 4) is 5.69 Å². The van der Waals surface area contributed by atoms with Gasteiger partial charge in [0.15, 0.2) is 11.0 Å². The van der Waals surface area contributed by atoms with Crippen molar-refractivity contribution >= 4 is 11.0 Å². The molecule has 0 spiro atoms. The minimum absolute atomic E-state index is 0.986. The number of hydrogen-bond donors (Lipinski definition) is 0. The highest BCUT2D eigenvalue weighted by Gasteiger charge is 2.14. The minimum Gasteiger partial charge on any atom is -0.230 e. The van der Waals surface area contributed by atoms with Crippen LogP contribution in [0.1, 0.15) is 6.92 Å². The second-order valence-corrected chi connectivity index (χ2v) is 4.10. The number of para-hydroxylation sites is 3. The highest BCUT2D eigenvalue weighted by atomic mass is 15.1. The van der Waals surface area contributed by atoms with Crippen molar-refractivity contribution < 1.29 is 4.57 Å². The van der Waals surface area contributed by atoms with Gasteiger partial charge in [0, 0.05) is 0 Å². The van der Waals surface area contributed by atoms with Crippen LogP contribution in [0.5, 0.6) is 0 Å². The maximum absolute atomic E-state index is 2.27. The van der Waals surface area contributed by atoms with Gasteiger partial charge < -0.3 is 0 Å². The van der Waals surface area contributed by atoms with E-state index in [0.717, 1.165) is 6.54 Å². The van der Waals surface area contributed by atoms with Crippen molar-refractivity contribution in [1.29, 1.82) is 0 Å². The Morgan fingerprint density at radius 1 is 0.941 bits per heavy atom. The quantitative estimate of drug-likeness (QED) is 0.591. The van der Waals surface area contributed by atoms with Crippen LogP contribution >= 0.6 is 0 Å². The molecule has 84 valence electrons. The number of aryl methyl sites for hydroxylation is 1. The molecule has 1 heterocycles. The molecule has 0 aliphatic rings. The lowest BCUT2D eigenvalue weighted by molar-refractivity contribution is -0.668. The lowest BCUT2D eigenvalue weighted by Crippen LogP contribution is -2.30. The highest BCUT2D eigenvalue weighted by Crippen LogP contribution is 2.16. The fraction of sp³-hybridized carbons (Fsp3) is 0.133. The van der Waals surface area contributed by atoms with E-state index < -0.39 is 0 Å². The Hall–Kier alpha value is -2.09. The van der Waals surface area contributed by atoms with E-state index >= 15 is 0 Å². The molecule has 17 heavy (non-hydrogen) atoms. The van der Waals surface area contributed by atoms with Gasteiger partial charge in [-0.15, -0.1) is 0 Å².